The minimum Gasteiger partial charge on any atom is -0.428 e. The van der Waals surface area contributed by atoms with Crippen molar-refractivity contribution in [2.24, 2.45) is 0 Å². The summed E-state index contributed by atoms with van der Waals surface area (Å²) in [6.07, 6.45) is -0.551. The molecule has 1 aromatic rings. The normalized spacial score (nSPS) is 23.2. The highest BCUT2D eigenvalue weighted by Crippen LogP contribution is 2.30. The van der Waals surface area contributed by atoms with Gasteiger partial charge in [0.05, 0.1) is 25.4 Å². The Morgan fingerprint density at radius 3 is 2.89 bits per heavy atom. The van der Waals surface area contributed by atoms with Crippen LogP contribution in [0.4, 0.5) is 0 Å². The van der Waals surface area contributed by atoms with E-state index < -0.39 is 6.29 Å². The van der Waals surface area contributed by atoms with E-state index in [-0.39, 0.29) is 5.97 Å². The Balaban J connectivity index is 1.52. The Hall–Kier alpha value is -1.43. The third kappa shape index (κ3) is 2.78. The van der Waals surface area contributed by atoms with Gasteiger partial charge in [-0.3, -0.25) is 4.90 Å². The van der Waals surface area contributed by atoms with Crippen LogP contribution >= 0.6 is 0 Å². The maximum Gasteiger partial charge on any atom is 0.341 e. The summed E-state index contributed by atoms with van der Waals surface area (Å²) < 4.78 is 16.2. The third-order valence-electron chi connectivity index (χ3n) is 3.43. The second kappa shape index (κ2) is 5.69. The molecule has 102 valence electrons. The monoisotopic (exact) mass is 263 g/mol. The van der Waals surface area contributed by atoms with Gasteiger partial charge < -0.3 is 14.2 Å². The van der Waals surface area contributed by atoms with Gasteiger partial charge in [0.25, 0.3) is 0 Å². The van der Waals surface area contributed by atoms with Crippen LogP contribution in [0.3, 0.4) is 0 Å². The zero-order chi connectivity index (χ0) is 13.1. The number of ether oxygens (including phenoxy) is 3. The molecular weight excluding hydrogens is 246 g/mol. The maximum atomic E-state index is 11.6. The van der Waals surface area contributed by atoms with Crippen LogP contribution in [0.15, 0.2) is 24.3 Å². The molecule has 5 heteroatoms. The summed E-state index contributed by atoms with van der Waals surface area (Å²) in [5.74, 6) is -0.299. The molecule has 1 aromatic carbocycles. The summed E-state index contributed by atoms with van der Waals surface area (Å²) in [6.45, 7) is 4.81. The lowest BCUT2D eigenvalue weighted by atomic mass is 10.1. The summed E-state index contributed by atoms with van der Waals surface area (Å²) in [5, 5.41) is 0. The largest absolute Gasteiger partial charge is 0.428 e. The SMILES string of the molecule is O=C1OC(OCCN2CCOCC2)c2ccccc21. The summed E-state index contributed by atoms with van der Waals surface area (Å²) in [5.41, 5.74) is 1.44. The molecule has 0 spiro atoms. The Kier molecular flexibility index (Phi) is 3.77. The Morgan fingerprint density at radius 1 is 1.26 bits per heavy atom. The predicted molar refractivity (Wildman–Crippen MR) is 67.8 cm³/mol. The fourth-order valence-corrected chi connectivity index (χ4v) is 2.35. The van der Waals surface area contributed by atoms with E-state index >= 15 is 0 Å². The minimum atomic E-state index is -0.551. The summed E-state index contributed by atoms with van der Waals surface area (Å²) in [7, 11) is 0. The molecule has 1 atom stereocenters. The van der Waals surface area contributed by atoms with Crippen LogP contribution < -0.4 is 0 Å². The van der Waals surface area contributed by atoms with Crippen LogP contribution in [0.5, 0.6) is 0 Å². The number of morpholine rings is 1. The van der Waals surface area contributed by atoms with Crippen molar-refractivity contribution in [3.05, 3.63) is 35.4 Å². The molecule has 1 saturated heterocycles. The highest BCUT2D eigenvalue weighted by Gasteiger charge is 2.31. The second-order valence-corrected chi connectivity index (χ2v) is 4.65. The first kappa shape index (κ1) is 12.6. The van der Waals surface area contributed by atoms with Gasteiger partial charge in [-0.25, -0.2) is 4.79 Å². The number of fused-ring (bicyclic) bond motifs is 1. The highest BCUT2D eigenvalue weighted by atomic mass is 16.7. The van der Waals surface area contributed by atoms with Crippen molar-refractivity contribution < 1.29 is 19.0 Å². The lowest BCUT2D eigenvalue weighted by Gasteiger charge is -2.26. The molecule has 0 amide bonds. The van der Waals surface area contributed by atoms with Crippen LogP contribution in [0.2, 0.25) is 0 Å². The molecule has 3 rings (SSSR count). The number of hydrogen-bond donors (Lipinski definition) is 0. The van der Waals surface area contributed by atoms with E-state index in [0.29, 0.717) is 12.2 Å². The van der Waals surface area contributed by atoms with Gasteiger partial charge in [0.1, 0.15) is 0 Å². The number of hydrogen-bond acceptors (Lipinski definition) is 5. The van der Waals surface area contributed by atoms with Gasteiger partial charge in [0, 0.05) is 25.2 Å². The van der Waals surface area contributed by atoms with E-state index in [4.69, 9.17) is 14.2 Å². The number of benzene rings is 1. The lowest BCUT2D eigenvalue weighted by molar-refractivity contribution is -0.109. The fraction of sp³-hybridized carbons (Fsp3) is 0.500. The fourth-order valence-electron chi connectivity index (χ4n) is 2.35. The Bertz CT molecular complexity index is 457. The third-order valence-corrected chi connectivity index (χ3v) is 3.43. The number of carbonyl (C=O) groups excluding carboxylic acids is 1. The molecule has 0 saturated carbocycles. The number of rotatable bonds is 4. The molecule has 19 heavy (non-hydrogen) atoms. The van der Waals surface area contributed by atoms with Crippen LogP contribution in [0, 0.1) is 0 Å². The van der Waals surface area contributed by atoms with Crippen LogP contribution in [-0.2, 0) is 14.2 Å². The standard InChI is InChI=1S/C14H17NO4/c16-13-11-3-1-2-4-12(11)14(19-13)18-10-7-15-5-8-17-9-6-15/h1-4,14H,5-10H2. The number of nitrogens with zero attached hydrogens (tertiary/aromatic N) is 1. The number of esters is 1. The van der Waals surface area contributed by atoms with Crippen LogP contribution in [-0.4, -0.2) is 50.3 Å². The van der Waals surface area contributed by atoms with Crippen molar-refractivity contribution in [2.45, 2.75) is 6.29 Å². The van der Waals surface area contributed by atoms with Crippen molar-refractivity contribution in [3.8, 4) is 0 Å². The quantitative estimate of drug-likeness (QED) is 0.764. The molecule has 0 N–H and O–H groups in total. The van der Waals surface area contributed by atoms with Gasteiger partial charge in [-0.1, -0.05) is 18.2 Å². The van der Waals surface area contributed by atoms with Gasteiger partial charge >= 0.3 is 5.97 Å². The Labute approximate surface area is 112 Å². The molecule has 0 radical (unpaired) electrons. The molecule has 0 aromatic heterocycles. The average molecular weight is 263 g/mol. The van der Waals surface area contributed by atoms with Gasteiger partial charge in [-0.2, -0.15) is 0 Å². The number of carbonyl (C=O) groups is 1. The zero-order valence-electron chi connectivity index (χ0n) is 10.7. The topological polar surface area (TPSA) is 48.0 Å². The highest BCUT2D eigenvalue weighted by molar-refractivity contribution is 5.93. The first-order chi connectivity index (χ1) is 9.34. The molecule has 2 aliphatic rings. The first-order valence-corrected chi connectivity index (χ1v) is 6.56. The van der Waals surface area contributed by atoms with E-state index in [9.17, 15) is 4.79 Å². The smallest absolute Gasteiger partial charge is 0.341 e. The molecular formula is C14H17NO4. The molecule has 0 bridgehead atoms. The van der Waals surface area contributed by atoms with Crippen molar-refractivity contribution in [2.75, 3.05) is 39.5 Å². The van der Waals surface area contributed by atoms with E-state index in [1.54, 1.807) is 6.07 Å². The van der Waals surface area contributed by atoms with E-state index in [1.165, 1.54) is 0 Å². The summed E-state index contributed by atoms with van der Waals surface area (Å²) in [6, 6.07) is 7.36. The molecule has 1 fully saturated rings. The summed E-state index contributed by atoms with van der Waals surface area (Å²) in [4.78, 5) is 13.9. The van der Waals surface area contributed by atoms with Crippen molar-refractivity contribution in [3.63, 3.8) is 0 Å². The van der Waals surface area contributed by atoms with Crippen molar-refractivity contribution in [1.82, 2.24) is 4.90 Å². The first-order valence-electron chi connectivity index (χ1n) is 6.56. The molecule has 1 unspecified atom stereocenters. The maximum absolute atomic E-state index is 11.6. The van der Waals surface area contributed by atoms with E-state index in [2.05, 4.69) is 4.90 Å². The Morgan fingerprint density at radius 2 is 2.05 bits per heavy atom. The lowest BCUT2D eigenvalue weighted by Crippen LogP contribution is -2.38. The number of cyclic esters (lactones) is 1. The molecule has 0 aliphatic carbocycles. The summed E-state index contributed by atoms with van der Waals surface area (Å²) >= 11 is 0. The average Bonchev–Trinajstić information content (AvgIpc) is 2.78. The van der Waals surface area contributed by atoms with Crippen molar-refractivity contribution in [1.29, 1.82) is 0 Å². The van der Waals surface area contributed by atoms with Gasteiger partial charge in [0.15, 0.2) is 0 Å². The van der Waals surface area contributed by atoms with E-state index in [1.807, 2.05) is 18.2 Å². The van der Waals surface area contributed by atoms with Crippen LogP contribution in [0.25, 0.3) is 0 Å². The van der Waals surface area contributed by atoms with Gasteiger partial charge in [0.2, 0.25) is 6.29 Å². The van der Waals surface area contributed by atoms with Gasteiger partial charge in [-0.15, -0.1) is 0 Å². The zero-order valence-corrected chi connectivity index (χ0v) is 10.7. The minimum absolute atomic E-state index is 0.299. The molecule has 2 aliphatic heterocycles. The predicted octanol–water partition coefficient (Wildman–Crippen LogP) is 1.20. The van der Waals surface area contributed by atoms with Gasteiger partial charge in [-0.05, 0) is 6.07 Å². The van der Waals surface area contributed by atoms with Crippen LogP contribution in [0.1, 0.15) is 22.2 Å². The van der Waals surface area contributed by atoms with E-state index in [0.717, 1.165) is 38.4 Å². The molecule has 5 nitrogen and oxygen atoms in total. The van der Waals surface area contributed by atoms with Crippen molar-refractivity contribution >= 4 is 5.97 Å². The molecule has 2 heterocycles. The second-order valence-electron chi connectivity index (χ2n) is 4.65.